The van der Waals surface area contributed by atoms with Gasteiger partial charge in [-0.15, -0.1) is 0 Å². The van der Waals surface area contributed by atoms with Crippen molar-refractivity contribution in [2.24, 2.45) is 0 Å². The Labute approximate surface area is 173 Å². The van der Waals surface area contributed by atoms with Crippen molar-refractivity contribution in [1.29, 1.82) is 0 Å². The SMILES string of the molecule is O=c1[nH]c2ccc3[nH]c4cc5c(=O)c6c(ccc7[nH]c(=O)[nH]c76)[nH]c5cc4c(=O)c3c2[nH]1. The first-order valence-electron chi connectivity index (χ1n) is 9.79. The van der Waals surface area contributed by atoms with Crippen molar-refractivity contribution in [3.63, 3.8) is 0 Å². The second kappa shape index (κ2) is 5.43. The van der Waals surface area contributed by atoms with E-state index in [9.17, 15) is 19.2 Å². The number of benzene rings is 3. The van der Waals surface area contributed by atoms with Gasteiger partial charge in [-0.05, 0) is 36.4 Å². The molecule has 0 atom stereocenters. The quantitative estimate of drug-likeness (QED) is 0.205. The van der Waals surface area contributed by atoms with Crippen molar-refractivity contribution in [2.75, 3.05) is 0 Å². The Morgan fingerprint density at radius 3 is 1.28 bits per heavy atom. The minimum Gasteiger partial charge on any atom is -0.354 e. The lowest BCUT2D eigenvalue weighted by molar-refractivity contribution is 1.22. The number of hydrogen-bond acceptors (Lipinski definition) is 4. The second-order valence-corrected chi connectivity index (χ2v) is 7.83. The molecule has 10 nitrogen and oxygen atoms in total. The zero-order valence-electron chi connectivity index (χ0n) is 16.1. The Kier molecular flexibility index (Phi) is 2.87. The average molecular weight is 424 g/mol. The zero-order chi connectivity index (χ0) is 21.7. The smallest absolute Gasteiger partial charge is 0.323 e. The van der Waals surface area contributed by atoms with Crippen LogP contribution in [0.4, 0.5) is 0 Å². The van der Waals surface area contributed by atoms with E-state index in [-0.39, 0.29) is 10.9 Å². The first-order chi connectivity index (χ1) is 15.5. The van der Waals surface area contributed by atoms with Gasteiger partial charge < -0.3 is 29.9 Å². The molecule has 0 amide bonds. The molecule has 0 saturated carbocycles. The topological polar surface area (TPSA) is 163 Å². The summed E-state index contributed by atoms with van der Waals surface area (Å²) in [4.78, 5) is 67.4. The highest BCUT2D eigenvalue weighted by atomic mass is 16.1. The largest absolute Gasteiger partial charge is 0.354 e. The molecule has 0 saturated heterocycles. The van der Waals surface area contributed by atoms with Crippen LogP contribution in [0.15, 0.2) is 55.6 Å². The number of nitrogens with one attached hydrogen (secondary N) is 6. The number of rotatable bonds is 0. The van der Waals surface area contributed by atoms with Crippen LogP contribution >= 0.6 is 0 Å². The molecule has 0 aliphatic carbocycles. The Balaban J connectivity index is 1.69. The van der Waals surface area contributed by atoms with Gasteiger partial charge in [0.1, 0.15) is 0 Å². The minimum atomic E-state index is -0.393. The predicted molar refractivity (Wildman–Crippen MR) is 123 cm³/mol. The van der Waals surface area contributed by atoms with Crippen molar-refractivity contribution in [3.8, 4) is 0 Å². The molecule has 6 N–H and O–H groups in total. The number of hydrogen-bond donors (Lipinski definition) is 6. The maximum absolute atomic E-state index is 13.4. The van der Waals surface area contributed by atoms with Crippen LogP contribution in [0.2, 0.25) is 0 Å². The monoisotopic (exact) mass is 424 g/mol. The molecule has 0 fully saturated rings. The second-order valence-electron chi connectivity index (χ2n) is 7.83. The third-order valence-corrected chi connectivity index (χ3v) is 6.02. The first-order valence-corrected chi connectivity index (χ1v) is 9.79. The van der Waals surface area contributed by atoms with Crippen LogP contribution in [-0.2, 0) is 0 Å². The summed E-state index contributed by atoms with van der Waals surface area (Å²) in [6, 6.07) is 10.1. The van der Waals surface area contributed by atoms with Crippen molar-refractivity contribution >= 4 is 65.7 Å². The third kappa shape index (κ3) is 2.02. The molecule has 32 heavy (non-hydrogen) atoms. The number of pyridine rings is 2. The molecule has 7 aromatic rings. The fourth-order valence-corrected chi connectivity index (χ4v) is 4.63. The molecule has 0 aliphatic heterocycles. The molecule has 10 heteroatoms. The van der Waals surface area contributed by atoms with E-state index < -0.39 is 11.4 Å². The van der Waals surface area contributed by atoms with Crippen molar-refractivity contribution in [2.45, 2.75) is 0 Å². The molecule has 0 radical (unpaired) electrons. The summed E-state index contributed by atoms with van der Waals surface area (Å²) in [6.45, 7) is 0. The van der Waals surface area contributed by atoms with Crippen molar-refractivity contribution < 1.29 is 0 Å². The van der Waals surface area contributed by atoms with Gasteiger partial charge in [0.2, 0.25) is 0 Å². The lowest BCUT2D eigenvalue weighted by atomic mass is 10.0. The van der Waals surface area contributed by atoms with Crippen LogP contribution < -0.4 is 22.2 Å². The number of H-pyrrole nitrogens is 6. The summed E-state index contributed by atoms with van der Waals surface area (Å²) in [6.07, 6.45) is 0. The lowest BCUT2D eigenvalue weighted by Gasteiger charge is -2.07. The molecule has 4 aromatic heterocycles. The van der Waals surface area contributed by atoms with Crippen LogP contribution in [-0.4, -0.2) is 29.9 Å². The van der Waals surface area contributed by atoms with Crippen LogP contribution in [0.1, 0.15) is 0 Å². The molecule has 4 heterocycles. The first kappa shape index (κ1) is 16.9. The highest BCUT2D eigenvalue weighted by molar-refractivity contribution is 6.11. The van der Waals surface area contributed by atoms with Gasteiger partial charge in [0.15, 0.2) is 10.9 Å². The summed E-state index contributed by atoms with van der Waals surface area (Å²) in [5.41, 5.74) is 2.70. The number of fused-ring (bicyclic) bond motifs is 8. The maximum Gasteiger partial charge on any atom is 0.323 e. The average Bonchev–Trinajstić information content (AvgIpc) is 3.33. The summed E-state index contributed by atoms with van der Waals surface area (Å²) < 4.78 is 0. The number of aromatic nitrogens is 6. The van der Waals surface area contributed by atoms with E-state index in [1.807, 2.05) is 0 Å². The molecule has 0 aliphatic rings. The van der Waals surface area contributed by atoms with Gasteiger partial charge in [-0.2, -0.15) is 0 Å². The molecular formula is C22H12N6O4. The normalized spacial score (nSPS) is 12.2. The highest BCUT2D eigenvalue weighted by Gasteiger charge is 2.15. The Morgan fingerprint density at radius 2 is 0.844 bits per heavy atom. The van der Waals surface area contributed by atoms with E-state index in [2.05, 4.69) is 29.9 Å². The van der Waals surface area contributed by atoms with E-state index in [1.165, 1.54) is 0 Å². The Morgan fingerprint density at radius 1 is 0.438 bits per heavy atom. The zero-order valence-corrected chi connectivity index (χ0v) is 16.1. The molecular weight excluding hydrogens is 412 g/mol. The van der Waals surface area contributed by atoms with E-state index in [0.29, 0.717) is 65.7 Å². The fourth-order valence-electron chi connectivity index (χ4n) is 4.63. The van der Waals surface area contributed by atoms with Crippen LogP contribution in [0, 0.1) is 0 Å². The standard InChI is InChI=1S/C22H12N6O4/c29-19-7-6-14-8(20(30)16-10(24-14)2-4-12-18(16)28-22(32)26-12)5-13(7)23-9-1-3-11-17(15(9)19)27-21(31)25-11/h1-6H,(H,23,29)(H,24,30)(H2,25,27,31)(H2,26,28,32). The summed E-state index contributed by atoms with van der Waals surface area (Å²) >= 11 is 0. The van der Waals surface area contributed by atoms with Crippen LogP contribution in [0.3, 0.4) is 0 Å². The van der Waals surface area contributed by atoms with Crippen molar-refractivity contribution in [3.05, 3.63) is 77.8 Å². The molecule has 7 rings (SSSR count). The van der Waals surface area contributed by atoms with Gasteiger partial charge >= 0.3 is 11.4 Å². The van der Waals surface area contributed by atoms with Gasteiger partial charge in [-0.1, -0.05) is 0 Å². The highest BCUT2D eigenvalue weighted by Crippen LogP contribution is 2.25. The Bertz CT molecular complexity index is 2030. The molecule has 0 unspecified atom stereocenters. The van der Waals surface area contributed by atoms with E-state index >= 15 is 0 Å². The summed E-state index contributed by atoms with van der Waals surface area (Å²) in [5.74, 6) is 0. The van der Waals surface area contributed by atoms with Crippen LogP contribution in [0.25, 0.3) is 65.7 Å². The lowest BCUT2D eigenvalue weighted by Crippen LogP contribution is -2.09. The van der Waals surface area contributed by atoms with E-state index in [0.717, 1.165) is 0 Å². The van der Waals surface area contributed by atoms with Gasteiger partial charge in [0.25, 0.3) is 0 Å². The molecule has 0 spiro atoms. The Hall–Kier alpha value is -4.86. The predicted octanol–water partition coefficient (Wildman–Crippen LogP) is 2.02. The molecule has 3 aromatic carbocycles. The minimum absolute atomic E-state index is 0.261. The van der Waals surface area contributed by atoms with Crippen LogP contribution in [0.5, 0.6) is 0 Å². The number of aromatic amines is 6. The van der Waals surface area contributed by atoms with E-state index in [1.54, 1.807) is 36.4 Å². The van der Waals surface area contributed by atoms with Gasteiger partial charge in [0, 0.05) is 10.8 Å². The number of imidazole rings is 2. The van der Waals surface area contributed by atoms with E-state index in [4.69, 9.17) is 0 Å². The third-order valence-electron chi connectivity index (χ3n) is 6.02. The molecule has 0 bridgehead atoms. The maximum atomic E-state index is 13.4. The summed E-state index contributed by atoms with van der Waals surface area (Å²) in [5, 5.41) is 1.49. The fraction of sp³-hybridized carbons (Fsp3) is 0. The summed E-state index contributed by atoms with van der Waals surface area (Å²) in [7, 11) is 0. The van der Waals surface area contributed by atoms with Gasteiger partial charge in [-0.3, -0.25) is 9.59 Å². The van der Waals surface area contributed by atoms with Gasteiger partial charge in [0.05, 0.1) is 54.9 Å². The van der Waals surface area contributed by atoms with Gasteiger partial charge in [-0.25, -0.2) is 9.59 Å². The molecule has 154 valence electrons. The van der Waals surface area contributed by atoms with Crippen molar-refractivity contribution in [1.82, 2.24) is 29.9 Å².